The highest BCUT2D eigenvalue weighted by atomic mass is 16.5. The molecule has 126 valence electrons. The number of allylic oxidation sites excluding steroid dienone is 1. The van der Waals surface area contributed by atoms with Crippen molar-refractivity contribution in [2.75, 3.05) is 6.61 Å². The number of esters is 1. The average molecular weight is 316 g/mol. The molecule has 3 aliphatic carbocycles. The Labute approximate surface area is 138 Å². The van der Waals surface area contributed by atoms with Gasteiger partial charge in [-0.2, -0.15) is 0 Å². The van der Waals surface area contributed by atoms with E-state index in [0.717, 1.165) is 50.5 Å². The SMILES string of the molecule is C=C[C@@]1(C)CC[C@H]2[C@@](O)(CC[C@H]3C4=C(CC[C@@]32C)C(=O)OC4)C1. The van der Waals surface area contributed by atoms with E-state index in [1.54, 1.807) is 0 Å². The first-order chi connectivity index (χ1) is 10.8. The van der Waals surface area contributed by atoms with E-state index in [9.17, 15) is 9.90 Å². The van der Waals surface area contributed by atoms with E-state index in [-0.39, 0.29) is 16.8 Å². The van der Waals surface area contributed by atoms with Crippen molar-refractivity contribution < 1.29 is 14.6 Å². The molecule has 0 radical (unpaired) electrons. The first-order valence-electron chi connectivity index (χ1n) is 9.06. The van der Waals surface area contributed by atoms with Crippen molar-refractivity contribution in [1.29, 1.82) is 0 Å². The summed E-state index contributed by atoms with van der Waals surface area (Å²) in [7, 11) is 0. The molecule has 0 bridgehead atoms. The molecule has 1 N–H and O–H groups in total. The summed E-state index contributed by atoms with van der Waals surface area (Å²) in [5, 5.41) is 11.5. The predicted molar refractivity (Wildman–Crippen MR) is 88.6 cm³/mol. The molecular formula is C20H28O3. The van der Waals surface area contributed by atoms with Gasteiger partial charge in [-0.1, -0.05) is 19.9 Å². The van der Waals surface area contributed by atoms with Crippen molar-refractivity contribution in [3.63, 3.8) is 0 Å². The maximum Gasteiger partial charge on any atom is 0.334 e. The van der Waals surface area contributed by atoms with E-state index in [4.69, 9.17) is 4.74 Å². The Kier molecular flexibility index (Phi) is 3.17. The summed E-state index contributed by atoms with van der Waals surface area (Å²) in [5.41, 5.74) is 1.78. The van der Waals surface area contributed by atoms with Gasteiger partial charge in [0.2, 0.25) is 0 Å². The number of fused-ring (bicyclic) bond motifs is 4. The fourth-order valence-corrected chi connectivity index (χ4v) is 6.34. The third-order valence-electron chi connectivity index (χ3n) is 7.64. The summed E-state index contributed by atoms with van der Waals surface area (Å²) in [6.07, 6.45) is 8.68. The molecule has 0 aromatic rings. The van der Waals surface area contributed by atoms with Crippen molar-refractivity contribution in [3.8, 4) is 0 Å². The summed E-state index contributed by atoms with van der Waals surface area (Å²) >= 11 is 0. The predicted octanol–water partition coefficient (Wildman–Crippen LogP) is 3.77. The van der Waals surface area contributed by atoms with Crippen LogP contribution in [0.4, 0.5) is 0 Å². The third-order valence-corrected chi connectivity index (χ3v) is 7.64. The zero-order valence-electron chi connectivity index (χ0n) is 14.4. The number of cyclic esters (lactones) is 1. The Morgan fingerprint density at radius 3 is 2.78 bits per heavy atom. The molecule has 2 saturated carbocycles. The summed E-state index contributed by atoms with van der Waals surface area (Å²) in [6.45, 7) is 9.08. The Morgan fingerprint density at radius 2 is 2.04 bits per heavy atom. The molecule has 0 aromatic heterocycles. The Bertz CT molecular complexity index is 606. The minimum absolute atomic E-state index is 0.0555. The molecule has 23 heavy (non-hydrogen) atoms. The summed E-state index contributed by atoms with van der Waals surface area (Å²) in [5.74, 6) is 0.647. The van der Waals surface area contributed by atoms with Crippen molar-refractivity contribution in [3.05, 3.63) is 23.8 Å². The number of rotatable bonds is 1. The second-order valence-electron chi connectivity index (χ2n) is 8.91. The lowest BCUT2D eigenvalue weighted by Crippen LogP contribution is -2.59. The van der Waals surface area contributed by atoms with E-state index in [2.05, 4.69) is 20.4 Å². The van der Waals surface area contributed by atoms with Crippen LogP contribution < -0.4 is 0 Å². The molecule has 0 aromatic carbocycles. The minimum atomic E-state index is -0.575. The molecule has 0 unspecified atom stereocenters. The van der Waals surface area contributed by atoms with Crippen molar-refractivity contribution >= 4 is 5.97 Å². The largest absolute Gasteiger partial charge is 0.458 e. The third kappa shape index (κ3) is 2.02. The van der Waals surface area contributed by atoms with Gasteiger partial charge in [0.05, 0.1) is 5.60 Å². The van der Waals surface area contributed by atoms with Gasteiger partial charge in [-0.25, -0.2) is 4.79 Å². The molecule has 4 rings (SSSR count). The average Bonchev–Trinajstić information content (AvgIpc) is 2.87. The second-order valence-corrected chi connectivity index (χ2v) is 8.91. The zero-order valence-corrected chi connectivity index (χ0v) is 14.4. The van der Waals surface area contributed by atoms with E-state index >= 15 is 0 Å². The normalized spacial score (nSPS) is 49.1. The maximum atomic E-state index is 11.9. The van der Waals surface area contributed by atoms with Gasteiger partial charge in [-0.3, -0.25) is 0 Å². The van der Waals surface area contributed by atoms with Crippen LogP contribution in [-0.2, 0) is 9.53 Å². The molecule has 1 aliphatic heterocycles. The molecule has 5 atom stereocenters. The maximum absolute atomic E-state index is 11.9. The second kappa shape index (κ2) is 4.72. The highest BCUT2D eigenvalue weighted by molar-refractivity contribution is 5.92. The summed E-state index contributed by atoms with van der Waals surface area (Å²) in [4.78, 5) is 11.9. The minimum Gasteiger partial charge on any atom is -0.458 e. The van der Waals surface area contributed by atoms with Gasteiger partial charge in [0.1, 0.15) is 6.61 Å². The van der Waals surface area contributed by atoms with Crippen LogP contribution in [0.2, 0.25) is 0 Å². The first-order valence-corrected chi connectivity index (χ1v) is 9.06. The number of carbonyl (C=O) groups is 1. The Balaban J connectivity index is 1.70. The smallest absolute Gasteiger partial charge is 0.334 e. The molecular weight excluding hydrogens is 288 g/mol. The quantitative estimate of drug-likeness (QED) is 0.591. The Hall–Kier alpha value is -1.09. The van der Waals surface area contributed by atoms with E-state index in [1.165, 1.54) is 5.57 Å². The fourth-order valence-electron chi connectivity index (χ4n) is 6.34. The van der Waals surface area contributed by atoms with Gasteiger partial charge >= 0.3 is 5.97 Å². The standard InChI is InChI=1S/C20H28O3/c1-4-18(2)8-7-16-19(3)9-5-13-14(11-23-17(13)21)15(19)6-10-20(16,22)12-18/h4,15-16,22H,1,5-12H2,2-3H3/t15-,16+,18-,19-,20+/m0/s1. The highest BCUT2D eigenvalue weighted by Crippen LogP contribution is 2.64. The lowest BCUT2D eigenvalue weighted by molar-refractivity contribution is -0.170. The number of ether oxygens (including phenoxy) is 1. The van der Waals surface area contributed by atoms with Gasteiger partial charge in [-0.15, -0.1) is 6.58 Å². The number of hydrogen-bond donors (Lipinski definition) is 1. The lowest BCUT2D eigenvalue weighted by Gasteiger charge is -2.61. The lowest BCUT2D eigenvalue weighted by atomic mass is 9.45. The fraction of sp³-hybridized carbons (Fsp3) is 0.750. The van der Waals surface area contributed by atoms with Crippen LogP contribution >= 0.6 is 0 Å². The van der Waals surface area contributed by atoms with Gasteiger partial charge in [0, 0.05) is 5.57 Å². The summed E-state index contributed by atoms with van der Waals surface area (Å²) in [6, 6.07) is 0. The van der Waals surface area contributed by atoms with Gasteiger partial charge in [0.15, 0.2) is 0 Å². The molecule has 4 aliphatic rings. The van der Waals surface area contributed by atoms with Gasteiger partial charge in [-0.05, 0) is 73.2 Å². The molecule has 1 heterocycles. The van der Waals surface area contributed by atoms with Crippen molar-refractivity contribution in [1.82, 2.24) is 0 Å². The van der Waals surface area contributed by atoms with Crippen LogP contribution in [0.1, 0.15) is 58.8 Å². The van der Waals surface area contributed by atoms with E-state index in [1.807, 2.05) is 6.08 Å². The zero-order chi connectivity index (χ0) is 16.5. The van der Waals surface area contributed by atoms with Crippen LogP contribution in [0.3, 0.4) is 0 Å². The Morgan fingerprint density at radius 1 is 1.26 bits per heavy atom. The van der Waals surface area contributed by atoms with Crippen LogP contribution in [-0.4, -0.2) is 23.3 Å². The molecule has 0 amide bonds. The van der Waals surface area contributed by atoms with E-state index < -0.39 is 5.60 Å². The van der Waals surface area contributed by atoms with Crippen LogP contribution in [0.25, 0.3) is 0 Å². The van der Waals surface area contributed by atoms with Crippen molar-refractivity contribution in [2.45, 2.75) is 64.4 Å². The van der Waals surface area contributed by atoms with Gasteiger partial charge < -0.3 is 9.84 Å². The molecule has 2 fully saturated rings. The van der Waals surface area contributed by atoms with Crippen LogP contribution in [0.15, 0.2) is 23.8 Å². The highest BCUT2D eigenvalue weighted by Gasteiger charge is 2.60. The van der Waals surface area contributed by atoms with Crippen LogP contribution in [0, 0.1) is 22.7 Å². The van der Waals surface area contributed by atoms with Gasteiger partial charge in [0.25, 0.3) is 0 Å². The first kappa shape index (κ1) is 15.4. The molecule has 3 nitrogen and oxygen atoms in total. The molecule has 3 heteroatoms. The molecule has 0 spiro atoms. The van der Waals surface area contributed by atoms with E-state index in [0.29, 0.717) is 18.4 Å². The summed E-state index contributed by atoms with van der Waals surface area (Å²) < 4.78 is 5.32. The topological polar surface area (TPSA) is 46.5 Å². The number of hydrogen-bond acceptors (Lipinski definition) is 3. The number of carbonyl (C=O) groups excluding carboxylic acids is 1. The monoisotopic (exact) mass is 316 g/mol. The van der Waals surface area contributed by atoms with Crippen LogP contribution in [0.5, 0.6) is 0 Å². The van der Waals surface area contributed by atoms with Crippen molar-refractivity contribution in [2.24, 2.45) is 22.7 Å². The number of aliphatic hydroxyl groups is 1. The molecule has 0 saturated heterocycles.